The van der Waals surface area contributed by atoms with Gasteiger partial charge in [-0.15, -0.1) is 0 Å². The molecule has 108 valence electrons. The van der Waals surface area contributed by atoms with E-state index in [1.165, 1.54) is 0 Å². The van der Waals surface area contributed by atoms with Crippen molar-refractivity contribution >= 4 is 0 Å². The predicted molar refractivity (Wildman–Crippen MR) is 67.3 cm³/mol. The topological polar surface area (TPSA) is 68.2 Å². The maximum absolute atomic E-state index is 9.98. The molecule has 1 heterocycles. The van der Waals surface area contributed by atoms with Gasteiger partial charge in [0, 0.05) is 13.2 Å². The third-order valence-electron chi connectivity index (χ3n) is 3.05. The maximum atomic E-state index is 9.98. The third-order valence-corrected chi connectivity index (χ3v) is 3.05. The summed E-state index contributed by atoms with van der Waals surface area (Å²) in [6, 6.07) is 0. The fourth-order valence-corrected chi connectivity index (χ4v) is 1.85. The van der Waals surface area contributed by atoms with Gasteiger partial charge in [0.2, 0.25) is 0 Å². The highest BCUT2D eigenvalue weighted by atomic mass is 16.7. The summed E-state index contributed by atoms with van der Waals surface area (Å²) in [6.45, 7) is 5.63. The van der Waals surface area contributed by atoms with E-state index in [0.29, 0.717) is 19.8 Å². The van der Waals surface area contributed by atoms with E-state index in [0.717, 1.165) is 25.7 Å². The molecule has 1 rings (SSSR count). The van der Waals surface area contributed by atoms with Crippen LogP contribution in [-0.2, 0) is 14.2 Å². The van der Waals surface area contributed by atoms with Gasteiger partial charge in [0.25, 0.3) is 0 Å². The second-order valence-electron chi connectivity index (χ2n) is 4.67. The van der Waals surface area contributed by atoms with E-state index >= 15 is 0 Å². The van der Waals surface area contributed by atoms with Crippen LogP contribution >= 0.6 is 0 Å². The molecule has 5 heteroatoms. The van der Waals surface area contributed by atoms with Crippen LogP contribution in [0.5, 0.6) is 0 Å². The summed E-state index contributed by atoms with van der Waals surface area (Å²) in [4.78, 5) is 0. The fraction of sp³-hybridized carbons (Fsp3) is 1.00. The van der Waals surface area contributed by atoms with E-state index < -0.39 is 24.6 Å². The highest BCUT2D eigenvalue weighted by Crippen LogP contribution is 2.23. The fourth-order valence-electron chi connectivity index (χ4n) is 1.85. The Morgan fingerprint density at radius 3 is 2.39 bits per heavy atom. The summed E-state index contributed by atoms with van der Waals surface area (Å²) in [5.74, 6) is 0. The minimum Gasteiger partial charge on any atom is -0.387 e. The molecular formula is C13H26O5. The Morgan fingerprint density at radius 2 is 1.72 bits per heavy atom. The van der Waals surface area contributed by atoms with Crippen LogP contribution in [0.25, 0.3) is 0 Å². The normalized spacial score (nSPS) is 32.0. The maximum Gasteiger partial charge on any atom is 0.184 e. The van der Waals surface area contributed by atoms with Crippen LogP contribution in [-0.4, -0.2) is 54.6 Å². The van der Waals surface area contributed by atoms with E-state index in [4.69, 9.17) is 14.2 Å². The first kappa shape index (κ1) is 15.9. The average Bonchev–Trinajstić information content (AvgIpc) is 2.62. The largest absolute Gasteiger partial charge is 0.387 e. The van der Waals surface area contributed by atoms with Crippen molar-refractivity contribution < 1.29 is 24.4 Å². The van der Waals surface area contributed by atoms with Gasteiger partial charge in [0.1, 0.15) is 18.3 Å². The first-order chi connectivity index (χ1) is 8.70. The van der Waals surface area contributed by atoms with Gasteiger partial charge < -0.3 is 24.4 Å². The molecule has 0 saturated carbocycles. The number of aliphatic hydroxyl groups excluding tert-OH is 2. The number of ether oxygens (including phenoxy) is 3. The van der Waals surface area contributed by atoms with Crippen molar-refractivity contribution in [3.63, 3.8) is 0 Å². The van der Waals surface area contributed by atoms with Crippen molar-refractivity contribution in [3.05, 3.63) is 0 Å². The van der Waals surface area contributed by atoms with Crippen molar-refractivity contribution in [1.29, 1.82) is 0 Å². The molecule has 1 aliphatic heterocycles. The zero-order valence-corrected chi connectivity index (χ0v) is 11.4. The van der Waals surface area contributed by atoms with E-state index in [2.05, 4.69) is 13.8 Å². The van der Waals surface area contributed by atoms with Gasteiger partial charge in [-0.2, -0.15) is 0 Å². The molecular weight excluding hydrogens is 236 g/mol. The molecule has 1 fully saturated rings. The average molecular weight is 262 g/mol. The smallest absolute Gasteiger partial charge is 0.184 e. The van der Waals surface area contributed by atoms with Crippen LogP contribution < -0.4 is 0 Å². The van der Waals surface area contributed by atoms with Gasteiger partial charge in [0.05, 0.1) is 6.61 Å². The van der Waals surface area contributed by atoms with Gasteiger partial charge >= 0.3 is 0 Å². The highest BCUT2D eigenvalue weighted by Gasteiger charge is 2.43. The lowest BCUT2D eigenvalue weighted by Gasteiger charge is -2.18. The summed E-state index contributed by atoms with van der Waals surface area (Å²) in [5.41, 5.74) is 0. The van der Waals surface area contributed by atoms with Gasteiger partial charge in [-0.05, 0) is 12.8 Å². The van der Waals surface area contributed by atoms with Crippen molar-refractivity contribution in [2.24, 2.45) is 0 Å². The number of rotatable bonds is 9. The van der Waals surface area contributed by atoms with Crippen LogP contribution in [0, 0.1) is 0 Å². The minimum atomic E-state index is -1.06. The van der Waals surface area contributed by atoms with Gasteiger partial charge in [-0.1, -0.05) is 26.7 Å². The molecule has 0 radical (unpaired) electrons. The number of hydrogen-bond acceptors (Lipinski definition) is 5. The molecule has 0 aromatic rings. The molecule has 4 atom stereocenters. The monoisotopic (exact) mass is 262 g/mol. The molecule has 18 heavy (non-hydrogen) atoms. The minimum absolute atomic E-state index is 0.297. The Morgan fingerprint density at radius 1 is 1.06 bits per heavy atom. The van der Waals surface area contributed by atoms with Crippen LogP contribution in [0.2, 0.25) is 0 Å². The Labute approximate surface area is 109 Å². The van der Waals surface area contributed by atoms with Crippen molar-refractivity contribution in [3.8, 4) is 0 Å². The molecule has 5 nitrogen and oxygen atoms in total. The molecule has 0 bridgehead atoms. The van der Waals surface area contributed by atoms with E-state index in [1.54, 1.807) is 0 Å². The zero-order valence-electron chi connectivity index (χ0n) is 11.4. The Balaban J connectivity index is 2.26. The van der Waals surface area contributed by atoms with Gasteiger partial charge in [0.15, 0.2) is 6.29 Å². The summed E-state index contributed by atoms with van der Waals surface area (Å²) in [6.07, 6.45) is 0.952. The predicted octanol–water partition coefficient (Wildman–Crippen LogP) is 1.07. The lowest BCUT2D eigenvalue weighted by Crippen LogP contribution is -2.37. The molecule has 1 aliphatic rings. The number of unbranched alkanes of at least 4 members (excludes halogenated alkanes) is 2. The van der Waals surface area contributed by atoms with Crippen LogP contribution in [0.3, 0.4) is 0 Å². The third kappa shape index (κ3) is 4.82. The highest BCUT2D eigenvalue weighted by molar-refractivity contribution is 4.87. The van der Waals surface area contributed by atoms with Crippen LogP contribution in [0.4, 0.5) is 0 Å². The molecule has 0 amide bonds. The van der Waals surface area contributed by atoms with Gasteiger partial charge in [-0.25, -0.2) is 0 Å². The quantitative estimate of drug-likeness (QED) is 0.608. The standard InChI is InChI=1S/C13H26O5/c1-3-5-7-16-9-10-11(14)12(13(15)18-10)17-8-6-4-2/h10-15H,3-9H2,1-2H3/t10?,11?,12-,13?/m0/s1. The van der Waals surface area contributed by atoms with Gasteiger partial charge in [-0.3, -0.25) is 0 Å². The second kappa shape index (κ2) is 8.82. The van der Waals surface area contributed by atoms with E-state index in [9.17, 15) is 10.2 Å². The Kier molecular flexibility index (Phi) is 7.77. The first-order valence-corrected chi connectivity index (χ1v) is 6.91. The van der Waals surface area contributed by atoms with Crippen LogP contribution in [0.15, 0.2) is 0 Å². The zero-order chi connectivity index (χ0) is 13.4. The SMILES string of the molecule is CCCCOCC1OC(O)[C@@H](OCCCC)C1O. The van der Waals surface area contributed by atoms with Crippen LogP contribution in [0.1, 0.15) is 39.5 Å². The molecule has 0 spiro atoms. The summed E-state index contributed by atoms with van der Waals surface area (Å²) >= 11 is 0. The number of aliphatic hydroxyl groups is 2. The van der Waals surface area contributed by atoms with E-state index in [1.807, 2.05) is 0 Å². The lowest BCUT2D eigenvalue weighted by molar-refractivity contribution is -0.149. The molecule has 0 aliphatic carbocycles. The molecule has 0 aromatic heterocycles. The van der Waals surface area contributed by atoms with Crippen molar-refractivity contribution in [1.82, 2.24) is 0 Å². The lowest BCUT2D eigenvalue weighted by atomic mass is 10.1. The van der Waals surface area contributed by atoms with Crippen molar-refractivity contribution in [2.75, 3.05) is 19.8 Å². The summed E-state index contributed by atoms with van der Waals surface area (Å²) in [5, 5.41) is 19.7. The molecule has 2 N–H and O–H groups in total. The number of hydrogen-bond donors (Lipinski definition) is 2. The summed E-state index contributed by atoms with van der Waals surface area (Å²) in [7, 11) is 0. The molecule has 1 saturated heterocycles. The first-order valence-electron chi connectivity index (χ1n) is 6.91. The Hall–Kier alpha value is -0.200. The summed E-state index contributed by atoms with van der Waals surface area (Å²) < 4.78 is 16.1. The van der Waals surface area contributed by atoms with Crippen molar-refractivity contribution in [2.45, 2.75) is 64.1 Å². The Bertz CT molecular complexity index is 212. The van der Waals surface area contributed by atoms with E-state index in [-0.39, 0.29) is 0 Å². The molecule has 3 unspecified atom stereocenters. The second-order valence-corrected chi connectivity index (χ2v) is 4.67. The molecule has 0 aromatic carbocycles.